The number of fused-ring (bicyclic) bond motifs is 1. The number of thioether (sulfide) groups is 1. The molecule has 0 saturated carbocycles. The monoisotopic (exact) mass is 413 g/mol. The molecule has 1 aromatic heterocycles. The Morgan fingerprint density at radius 1 is 1.35 bits per heavy atom. The molecule has 10 heteroatoms. The van der Waals surface area contributed by atoms with Crippen LogP contribution in [-0.4, -0.2) is 33.2 Å². The molecule has 0 spiro atoms. The van der Waals surface area contributed by atoms with Crippen LogP contribution in [0.4, 0.5) is 5.95 Å². The third-order valence-electron chi connectivity index (χ3n) is 3.79. The van der Waals surface area contributed by atoms with Gasteiger partial charge in [0.25, 0.3) is 0 Å². The minimum absolute atomic E-state index is 0.0932. The average Bonchev–Trinajstić information content (AvgIpc) is 3.01. The lowest BCUT2D eigenvalue weighted by atomic mass is 10.0. The molecular formula is C16H17Cl2N5O2S. The van der Waals surface area contributed by atoms with Crippen LogP contribution in [0, 0.1) is 5.92 Å². The molecule has 26 heavy (non-hydrogen) atoms. The van der Waals surface area contributed by atoms with Crippen molar-refractivity contribution in [2.75, 3.05) is 18.1 Å². The fourth-order valence-corrected chi connectivity index (χ4v) is 4.21. The smallest absolute Gasteiger partial charge is 0.224 e. The molecule has 2 heterocycles. The second-order valence-corrected chi connectivity index (χ2v) is 7.81. The van der Waals surface area contributed by atoms with E-state index in [2.05, 4.69) is 15.0 Å². The number of halogens is 2. The van der Waals surface area contributed by atoms with Crippen molar-refractivity contribution in [3.63, 3.8) is 0 Å². The summed E-state index contributed by atoms with van der Waals surface area (Å²) >= 11 is 14.0. The van der Waals surface area contributed by atoms with Crippen LogP contribution in [0.3, 0.4) is 0 Å². The lowest BCUT2D eigenvalue weighted by molar-refractivity contribution is -0.118. The highest BCUT2D eigenvalue weighted by molar-refractivity contribution is 7.99. The number of hydrogen-bond acceptors (Lipinski definition) is 7. The van der Waals surface area contributed by atoms with Crippen LogP contribution in [0.2, 0.25) is 10.0 Å². The summed E-state index contributed by atoms with van der Waals surface area (Å²) in [5, 5.41) is 1.36. The third-order valence-corrected chi connectivity index (χ3v) is 5.54. The van der Waals surface area contributed by atoms with E-state index < -0.39 is 0 Å². The van der Waals surface area contributed by atoms with Gasteiger partial charge in [0.2, 0.25) is 11.9 Å². The highest BCUT2D eigenvalue weighted by Crippen LogP contribution is 2.43. The minimum atomic E-state index is -0.336. The number of ether oxygens (including phenoxy) is 1. The molecular weight excluding hydrogens is 397 g/mol. The first kappa shape index (κ1) is 19.0. The number of hydrogen-bond donors (Lipinski definition) is 2. The van der Waals surface area contributed by atoms with Gasteiger partial charge < -0.3 is 16.2 Å². The first-order valence-corrected chi connectivity index (χ1v) is 9.66. The second kappa shape index (κ2) is 7.85. The van der Waals surface area contributed by atoms with E-state index in [0.29, 0.717) is 57.5 Å². The number of nitrogens with two attached hydrogens (primary N) is 2. The summed E-state index contributed by atoms with van der Waals surface area (Å²) in [6.07, 6.45) is 0.961. The molecule has 0 bridgehead atoms. The van der Waals surface area contributed by atoms with E-state index >= 15 is 0 Å². The molecule has 0 fully saturated rings. The summed E-state index contributed by atoms with van der Waals surface area (Å²) in [5.41, 5.74) is 12.6. The number of benzene rings is 1. The van der Waals surface area contributed by atoms with Crippen LogP contribution in [0.25, 0.3) is 11.4 Å². The molecule has 0 aliphatic carbocycles. The Labute approximate surface area is 164 Å². The zero-order valence-corrected chi connectivity index (χ0v) is 16.3. The molecule has 1 aromatic carbocycles. The van der Waals surface area contributed by atoms with Gasteiger partial charge >= 0.3 is 0 Å². The van der Waals surface area contributed by atoms with Crippen molar-refractivity contribution in [3.05, 3.63) is 21.7 Å². The largest absolute Gasteiger partial charge is 0.491 e. The summed E-state index contributed by atoms with van der Waals surface area (Å²) < 4.78 is 5.58. The molecule has 3 rings (SSSR count). The first-order valence-electron chi connectivity index (χ1n) is 7.91. The van der Waals surface area contributed by atoms with E-state index in [4.69, 9.17) is 39.4 Å². The summed E-state index contributed by atoms with van der Waals surface area (Å²) in [6, 6.07) is 1.62. The molecule has 1 aliphatic heterocycles. The van der Waals surface area contributed by atoms with Crippen LogP contribution in [0.15, 0.2) is 11.2 Å². The second-order valence-electron chi connectivity index (χ2n) is 6.01. The van der Waals surface area contributed by atoms with Crippen LogP contribution < -0.4 is 16.2 Å². The fraction of sp³-hybridized carbons (Fsp3) is 0.375. The maximum Gasteiger partial charge on any atom is 0.224 e. The van der Waals surface area contributed by atoms with E-state index in [1.54, 1.807) is 6.07 Å². The van der Waals surface area contributed by atoms with Crippen LogP contribution in [0.5, 0.6) is 5.75 Å². The van der Waals surface area contributed by atoms with E-state index in [-0.39, 0.29) is 17.8 Å². The van der Waals surface area contributed by atoms with Crippen molar-refractivity contribution >= 4 is 46.8 Å². The highest BCUT2D eigenvalue weighted by Gasteiger charge is 2.25. The Kier molecular flexibility index (Phi) is 5.74. The van der Waals surface area contributed by atoms with E-state index in [0.717, 1.165) is 5.56 Å². The van der Waals surface area contributed by atoms with Gasteiger partial charge in [0, 0.05) is 29.7 Å². The number of carbonyl (C=O) groups is 1. The Hall–Kier alpha value is -1.77. The molecule has 1 unspecified atom stereocenters. The van der Waals surface area contributed by atoms with Gasteiger partial charge in [-0.2, -0.15) is 9.97 Å². The fourth-order valence-electron chi connectivity index (χ4n) is 2.71. The van der Waals surface area contributed by atoms with Crippen LogP contribution in [-0.2, 0) is 11.2 Å². The Morgan fingerprint density at radius 3 is 2.85 bits per heavy atom. The maximum absolute atomic E-state index is 11.0. The number of primary amides is 1. The average molecular weight is 414 g/mol. The zero-order chi connectivity index (χ0) is 18.8. The normalized spacial score (nSPS) is 14.0. The van der Waals surface area contributed by atoms with Gasteiger partial charge in [0.05, 0.1) is 16.7 Å². The van der Waals surface area contributed by atoms with Crippen molar-refractivity contribution in [1.82, 2.24) is 15.0 Å². The standard InChI is InChI=1S/C16H17Cl2N5O2S/c1-7(4-11(19)24)6-26-16-22-14(21-15(20)23-16)12-8-2-3-25-13(8)10(18)5-9(12)17/h5,7H,2-4,6H2,1H3,(H2,19,24)(H2,20,21,22,23). The summed E-state index contributed by atoms with van der Waals surface area (Å²) in [7, 11) is 0. The van der Waals surface area contributed by atoms with E-state index in [9.17, 15) is 4.79 Å². The quantitative estimate of drug-likeness (QED) is 0.698. The number of nitrogens with zero attached hydrogens (tertiary/aromatic N) is 3. The first-order chi connectivity index (χ1) is 12.3. The van der Waals surface area contributed by atoms with Gasteiger partial charge in [-0.25, -0.2) is 4.98 Å². The predicted octanol–water partition coefficient (Wildman–Crippen LogP) is 2.97. The summed E-state index contributed by atoms with van der Waals surface area (Å²) in [6.45, 7) is 2.46. The van der Waals surface area contributed by atoms with Crippen molar-refractivity contribution in [2.45, 2.75) is 24.9 Å². The Morgan fingerprint density at radius 2 is 2.12 bits per heavy atom. The van der Waals surface area contributed by atoms with Crippen molar-refractivity contribution in [2.24, 2.45) is 11.7 Å². The number of nitrogen functional groups attached to an aromatic ring is 1. The summed E-state index contributed by atoms with van der Waals surface area (Å²) in [4.78, 5) is 23.9. The molecule has 1 amide bonds. The predicted molar refractivity (Wildman–Crippen MR) is 103 cm³/mol. The van der Waals surface area contributed by atoms with Gasteiger partial charge in [-0.1, -0.05) is 41.9 Å². The van der Waals surface area contributed by atoms with Crippen molar-refractivity contribution in [1.29, 1.82) is 0 Å². The van der Waals surface area contributed by atoms with Crippen molar-refractivity contribution in [3.8, 4) is 17.1 Å². The SMILES string of the molecule is CC(CSc1nc(N)nc(-c2c(Cl)cc(Cl)c3c2CCO3)n1)CC(N)=O. The molecule has 1 atom stereocenters. The van der Waals surface area contributed by atoms with Crippen molar-refractivity contribution < 1.29 is 9.53 Å². The maximum atomic E-state index is 11.0. The van der Waals surface area contributed by atoms with Gasteiger partial charge in [-0.15, -0.1) is 0 Å². The lowest BCUT2D eigenvalue weighted by Gasteiger charge is -2.12. The molecule has 0 radical (unpaired) electrons. The lowest BCUT2D eigenvalue weighted by Crippen LogP contribution is -2.16. The molecule has 0 saturated heterocycles. The number of anilines is 1. The topological polar surface area (TPSA) is 117 Å². The number of rotatable bonds is 6. The number of aromatic nitrogens is 3. The van der Waals surface area contributed by atoms with E-state index in [1.807, 2.05) is 6.92 Å². The third kappa shape index (κ3) is 4.13. The van der Waals surface area contributed by atoms with Gasteiger partial charge in [-0.05, 0) is 12.0 Å². The highest BCUT2D eigenvalue weighted by atomic mass is 35.5. The zero-order valence-electron chi connectivity index (χ0n) is 14.0. The number of carbonyl (C=O) groups excluding carboxylic acids is 1. The molecule has 138 valence electrons. The van der Waals surface area contributed by atoms with Gasteiger partial charge in [0.15, 0.2) is 11.0 Å². The Bertz CT molecular complexity index is 865. The molecule has 4 N–H and O–H groups in total. The van der Waals surface area contributed by atoms with Crippen LogP contribution >= 0.6 is 35.0 Å². The van der Waals surface area contributed by atoms with Crippen LogP contribution in [0.1, 0.15) is 18.9 Å². The minimum Gasteiger partial charge on any atom is -0.491 e. The number of amides is 1. The molecule has 1 aliphatic rings. The van der Waals surface area contributed by atoms with Gasteiger partial charge in [-0.3, -0.25) is 4.79 Å². The summed E-state index contributed by atoms with van der Waals surface area (Å²) in [5.74, 6) is 1.47. The van der Waals surface area contributed by atoms with E-state index in [1.165, 1.54) is 11.8 Å². The van der Waals surface area contributed by atoms with Gasteiger partial charge in [0.1, 0.15) is 5.75 Å². The molecule has 2 aromatic rings. The Balaban J connectivity index is 1.92. The molecule has 7 nitrogen and oxygen atoms in total.